The van der Waals surface area contributed by atoms with Crippen molar-refractivity contribution in [2.45, 2.75) is 6.92 Å². The molecule has 0 saturated heterocycles. The first-order valence-corrected chi connectivity index (χ1v) is 7.79. The fourth-order valence-electron chi connectivity index (χ4n) is 2.37. The van der Waals surface area contributed by atoms with Gasteiger partial charge in [-0.2, -0.15) is 5.10 Å². The van der Waals surface area contributed by atoms with Crippen LogP contribution in [0.5, 0.6) is 5.75 Å². The fourth-order valence-corrected chi connectivity index (χ4v) is 2.56. The molecule has 24 heavy (non-hydrogen) atoms. The van der Waals surface area contributed by atoms with Crippen LogP contribution in [-0.2, 0) is 4.79 Å². The van der Waals surface area contributed by atoms with Gasteiger partial charge in [0.1, 0.15) is 5.75 Å². The van der Waals surface area contributed by atoms with Crippen LogP contribution < -0.4 is 10.2 Å². The number of hydrogen-bond acceptors (Lipinski definition) is 3. The molecule has 0 spiro atoms. The topological polar surface area (TPSA) is 66.5 Å². The SMILES string of the molecule is Cc1[nH]c2ccccc2c1/C=N\NC(=O)COc1ccccc1Cl. The lowest BCUT2D eigenvalue weighted by molar-refractivity contribution is -0.123. The molecule has 0 bridgehead atoms. The van der Waals surface area contributed by atoms with Crippen molar-refractivity contribution in [3.8, 4) is 5.75 Å². The molecule has 1 heterocycles. The Bertz CT molecular complexity index is 902. The van der Waals surface area contributed by atoms with Crippen molar-refractivity contribution >= 4 is 34.6 Å². The Kier molecular flexibility index (Phi) is 4.82. The second-order valence-electron chi connectivity index (χ2n) is 5.22. The molecule has 1 amide bonds. The number of aryl methyl sites for hydroxylation is 1. The highest BCUT2D eigenvalue weighted by Gasteiger charge is 2.06. The summed E-state index contributed by atoms with van der Waals surface area (Å²) in [5, 5.41) is 5.52. The molecule has 0 radical (unpaired) electrons. The van der Waals surface area contributed by atoms with Gasteiger partial charge >= 0.3 is 0 Å². The lowest BCUT2D eigenvalue weighted by Gasteiger charge is -2.06. The third-order valence-electron chi connectivity index (χ3n) is 3.52. The van der Waals surface area contributed by atoms with E-state index in [1.54, 1.807) is 30.5 Å². The van der Waals surface area contributed by atoms with Gasteiger partial charge in [-0.3, -0.25) is 4.79 Å². The summed E-state index contributed by atoms with van der Waals surface area (Å²) in [6.45, 7) is 1.80. The van der Waals surface area contributed by atoms with Crippen molar-refractivity contribution in [3.05, 3.63) is 64.8 Å². The third kappa shape index (κ3) is 3.58. The smallest absolute Gasteiger partial charge is 0.277 e. The first-order chi connectivity index (χ1) is 11.6. The Hall–Kier alpha value is -2.79. The van der Waals surface area contributed by atoms with Gasteiger partial charge in [0.25, 0.3) is 5.91 Å². The summed E-state index contributed by atoms with van der Waals surface area (Å²) in [7, 11) is 0. The second-order valence-corrected chi connectivity index (χ2v) is 5.63. The average molecular weight is 342 g/mol. The molecule has 0 aliphatic rings. The number of nitrogens with one attached hydrogen (secondary N) is 2. The lowest BCUT2D eigenvalue weighted by atomic mass is 10.1. The predicted molar refractivity (Wildman–Crippen MR) is 95.7 cm³/mol. The zero-order chi connectivity index (χ0) is 16.9. The van der Waals surface area contributed by atoms with Gasteiger partial charge in [-0.15, -0.1) is 0 Å². The van der Waals surface area contributed by atoms with E-state index in [9.17, 15) is 4.79 Å². The van der Waals surface area contributed by atoms with Crippen molar-refractivity contribution in [1.29, 1.82) is 0 Å². The van der Waals surface area contributed by atoms with E-state index in [0.717, 1.165) is 22.2 Å². The summed E-state index contributed by atoms with van der Waals surface area (Å²) < 4.78 is 5.36. The fraction of sp³-hybridized carbons (Fsp3) is 0.111. The lowest BCUT2D eigenvalue weighted by Crippen LogP contribution is -2.24. The van der Waals surface area contributed by atoms with Gasteiger partial charge in [-0.25, -0.2) is 5.43 Å². The standard InChI is InChI=1S/C18H16ClN3O2/c1-12-14(13-6-2-4-8-16(13)21-12)10-20-22-18(23)11-24-17-9-5-3-7-15(17)19/h2-10,21H,11H2,1H3,(H,22,23)/b20-10-. The first-order valence-electron chi connectivity index (χ1n) is 7.41. The van der Waals surface area contributed by atoms with Gasteiger partial charge in [0.15, 0.2) is 6.61 Å². The Morgan fingerprint density at radius 2 is 2.00 bits per heavy atom. The van der Waals surface area contributed by atoms with Crippen molar-refractivity contribution in [2.24, 2.45) is 5.10 Å². The summed E-state index contributed by atoms with van der Waals surface area (Å²) in [5.41, 5.74) is 5.41. The van der Waals surface area contributed by atoms with E-state index < -0.39 is 0 Å². The van der Waals surface area contributed by atoms with Crippen LogP contribution in [0.3, 0.4) is 0 Å². The van der Waals surface area contributed by atoms with Crippen LogP contribution in [0.1, 0.15) is 11.3 Å². The van der Waals surface area contributed by atoms with E-state index in [1.165, 1.54) is 0 Å². The number of carbonyl (C=O) groups is 1. The molecular formula is C18H16ClN3O2. The minimum atomic E-state index is -0.358. The maximum Gasteiger partial charge on any atom is 0.277 e. The Morgan fingerprint density at radius 3 is 2.83 bits per heavy atom. The number of fused-ring (bicyclic) bond motifs is 1. The number of halogens is 1. The van der Waals surface area contributed by atoms with Gasteiger partial charge in [0.2, 0.25) is 0 Å². The molecule has 0 saturated carbocycles. The Morgan fingerprint density at radius 1 is 1.25 bits per heavy atom. The number of aromatic amines is 1. The number of amides is 1. The third-order valence-corrected chi connectivity index (χ3v) is 3.83. The maximum absolute atomic E-state index is 11.8. The van der Waals surface area contributed by atoms with E-state index in [0.29, 0.717) is 10.8 Å². The van der Waals surface area contributed by atoms with Gasteiger partial charge in [0.05, 0.1) is 11.2 Å². The predicted octanol–water partition coefficient (Wildman–Crippen LogP) is 3.66. The van der Waals surface area contributed by atoms with Crippen LogP contribution in [0.25, 0.3) is 10.9 Å². The van der Waals surface area contributed by atoms with E-state index in [2.05, 4.69) is 15.5 Å². The Labute approximate surface area is 144 Å². The minimum absolute atomic E-state index is 0.159. The summed E-state index contributed by atoms with van der Waals surface area (Å²) in [5.74, 6) is 0.106. The molecule has 122 valence electrons. The van der Waals surface area contributed by atoms with E-state index in [4.69, 9.17) is 16.3 Å². The van der Waals surface area contributed by atoms with Gasteiger partial charge in [-0.05, 0) is 25.1 Å². The molecule has 0 atom stereocenters. The number of para-hydroxylation sites is 2. The number of H-pyrrole nitrogens is 1. The quantitative estimate of drug-likeness (QED) is 0.549. The van der Waals surface area contributed by atoms with Gasteiger partial charge in [0, 0.05) is 22.2 Å². The molecule has 0 aliphatic heterocycles. The zero-order valence-corrected chi connectivity index (χ0v) is 13.8. The summed E-state index contributed by atoms with van der Waals surface area (Å²) in [6.07, 6.45) is 1.63. The second kappa shape index (κ2) is 7.19. The summed E-state index contributed by atoms with van der Waals surface area (Å²) in [6, 6.07) is 14.9. The van der Waals surface area contributed by atoms with Gasteiger partial charge in [-0.1, -0.05) is 41.9 Å². The van der Waals surface area contributed by atoms with E-state index >= 15 is 0 Å². The number of carbonyl (C=O) groups excluding carboxylic acids is 1. The molecule has 3 rings (SSSR count). The molecule has 6 heteroatoms. The molecule has 0 fully saturated rings. The highest BCUT2D eigenvalue weighted by molar-refractivity contribution is 6.32. The van der Waals surface area contributed by atoms with Crippen molar-refractivity contribution in [2.75, 3.05) is 6.61 Å². The molecule has 0 unspecified atom stereocenters. The summed E-state index contributed by atoms with van der Waals surface area (Å²) >= 11 is 5.96. The number of aromatic nitrogens is 1. The van der Waals surface area contributed by atoms with Crippen molar-refractivity contribution < 1.29 is 9.53 Å². The highest BCUT2D eigenvalue weighted by atomic mass is 35.5. The van der Waals surface area contributed by atoms with Crippen LogP contribution in [0, 0.1) is 6.92 Å². The monoisotopic (exact) mass is 341 g/mol. The van der Waals surface area contributed by atoms with Crippen molar-refractivity contribution in [3.63, 3.8) is 0 Å². The first kappa shape index (κ1) is 16.1. The highest BCUT2D eigenvalue weighted by Crippen LogP contribution is 2.23. The Balaban J connectivity index is 1.60. The summed E-state index contributed by atoms with van der Waals surface area (Å²) in [4.78, 5) is 15.1. The van der Waals surface area contributed by atoms with Crippen molar-refractivity contribution in [1.82, 2.24) is 10.4 Å². The largest absolute Gasteiger partial charge is 0.482 e. The number of benzene rings is 2. The van der Waals surface area contributed by atoms with Crippen LogP contribution in [0.15, 0.2) is 53.6 Å². The van der Waals surface area contributed by atoms with Crippen LogP contribution in [-0.4, -0.2) is 23.7 Å². The van der Waals surface area contributed by atoms with E-state index in [1.807, 2.05) is 31.2 Å². The van der Waals surface area contributed by atoms with Crippen LogP contribution >= 0.6 is 11.6 Å². The zero-order valence-electron chi connectivity index (χ0n) is 13.0. The molecule has 0 aliphatic carbocycles. The van der Waals surface area contributed by atoms with Gasteiger partial charge < -0.3 is 9.72 Å². The molecule has 1 aromatic heterocycles. The minimum Gasteiger partial charge on any atom is -0.482 e. The average Bonchev–Trinajstić information content (AvgIpc) is 2.90. The van der Waals surface area contributed by atoms with E-state index in [-0.39, 0.29) is 12.5 Å². The normalized spacial score (nSPS) is 11.1. The molecule has 3 aromatic rings. The molecule has 2 N–H and O–H groups in total. The maximum atomic E-state index is 11.8. The van der Waals surface area contributed by atoms with Crippen LogP contribution in [0.2, 0.25) is 5.02 Å². The number of ether oxygens (including phenoxy) is 1. The molecular weight excluding hydrogens is 326 g/mol. The molecule has 5 nitrogen and oxygen atoms in total. The number of hydrazone groups is 1. The number of hydrogen-bond donors (Lipinski definition) is 2. The number of rotatable bonds is 5. The van der Waals surface area contributed by atoms with Crippen LogP contribution in [0.4, 0.5) is 0 Å². The number of nitrogens with zero attached hydrogens (tertiary/aromatic N) is 1. The molecule has 2 aromatic carbocycles.